The van der Waals surface area contributed by atoms with Gasteiger partial charge in [0.05, 0.1) is 6.61 Å². The Balaban J connectivity index is 1.36. The van der Waals surface area contributed by atoms with E-state index in [-0.39, 0.29) is 5.78 Å². The Hall–Kier alpha value is -3.88. The van der Waals surface area contributed by atoms with E-state index in [9.17, 15) is 9.59 Å². The van der Waals surface area contributed by atoms with Crippen LogP contribution in [0, 0.1) is 11.8 Å². The van der Waals surface area contributed by atoms with Gasteiger partial charge in [-0.05, 0) is 54.8 Å². The van der Waals surface area contributed by atoms with Gasteiger partial charge in [0.1, 0.15) is 5.75 Å². The highest BCUT2D eigenvalue weighted by Gasteiger charge is 2.16. The smallest absolute Gasteiger partial charge is 0.333 e. The van der Waals surface area contributed by atoms with Gasteiger partial charge in [-0.1, -0.05) is 54.3 Å². The number of methoxy groups -OCH3 is 1. The first-order valence-corrected chi connectivity index (χ1v) is 11.2. The fourth-order valence-electron chi connectivity index (χ4n) is 3.34. The molecule has 0 bridgehead atoms. The number of ketones is 1. The van der Waals surface area contributed by atoms with Crippen LogP contribution in [0.4, 0.5) is 0 Å². The predicted molar refractivity (Wildman–Crippen MR) is 131 cm³/mol. The Labute approximate surface area is 200 Å². The first kappa shape index (κ1) is 24.8. The zero-order valence-electron chi connectivity index (χ0n) is 19.2. The largest absolute Gasteiger partial charge is 0.494 e. The van der Waals surface area contributed by atoms with Crippen LogP contribution in [0.15, 0.2) is 78.9 Å². The number of ether oxygens (including phenoxy) is 2. The molecule has 3 rings (SSSR count). The first-order chi connectivity index (χ1) is 16.6. The fourth-order valence-corrected chi connectivity index (χ4v) is 3.34. The van der Waals surface area contributed by atoms with Crippen molar-refractivity contribution in [2.45, 2.75) is 31.8 Å². The van der Waals surface area contributed by atoms with Crippen molar-refractivity contribution < 1.29 is 24.2 Å². The molecule has 0 saturated heterocycles. The molecule has 0 fully saturated rings. The average molecular weight is 457 g/mol. The lowest BCUT2D eigenvalue weighted by molar-refractivity contribution is -0.148. The van der Waals surface area contributed by atoms with Crippen molar-refractivity contribution in [2.75, 3.05) is 13.7 Å². The number of carbonyl (C=O) groups excluding carboxylic acids is 1. The van der Waals surface area contributed by atoms with Crippen LogP contribution in [-0.2, 0) is 16.0 Å². The lowest BCUT2D eigenvalue weighted by atomic mass is 10.0. The number of benzene rings is 3. The Morgan fingerprint density at radius 1 is 0.882 bits per heavy atom. The minimum absolute atomic E-state index is 0.000189. The molecule has 0 aromatic heterocycles. The maximum Gasteiger partial charge on any atom is 0.333 e. The quantitative estimate of drug-likeness (QED) is 0.245. The monoisotopic (exact) mass is 456 g/mol. The molecule has 0 saturated carbocycles. The number of unbranched alkanes of at least 4 members (excludes halogenated alkanes) is 2. The van der Waals surface area contributed by atoms with E-state index < -0.39 is 12.1 Å². The molecule has 5 nitrogen and oxygen atoms in total. The summed E-state index contributed by atoms with van der Waals surface area (Å²) < 4.78 is 10.7. The van der Waals surface area contributed by atoms with E-state index in [1.807, 2.05) is 66.7 Å². The van der Waals surface area contributed by atoms with Gasteiger partial charge in [0.15, 0.2) is 11.9 Å². The number of rotatable bonds is 11. The second-order valence-electron chi connectivity index (χ2n) is 7.79. The van der Waals surface area contributed by atoms with Gasteiger partial charge in [-0.2, -0.15) is 0 Å². The lowest BCUT2D eigenvalue weighted by Crippen LogP contribution is -2.24. The Morgan fingerprint density at radius 2 is 1.56 bits per heavy atom. The summed E-state index contributed by atoms with van der Waals surface area (Å²) in [7, 11) is 1.40. The second-order valence-corrected chi connectivity index (χ2v) is 7.79. The minimum atomic E-state index is -0.967. The van der Waals surface area contributed by atoms with E-state index in [2.05, 4.69) is 11.8 Å². The van der Waals surface area contributed by atoms with Crippen LogP contribution in [-0.4, -0.2) is 36.7 Å². The van der Waals surface area contributed by atoms with Gasteiger partial charge in [-0.15, -0.1) is 0 Å². The first-order valence-electron chi connectivity index (χ1n) is 11.2. The number of carboxylic acids is 1. The summed E-state index contributed by atoms with van der Waals surface area (Å²) in [6.07, 6.45) is 2.05. The Bertz CT molecular complexity index is 1120. The summed E-state index contributed by atoms with van der Waals surface area (Å²) in [5, 5.41) is 9.06. The number of aliphatic carboxylic acids is 1. The molecule has 0 aliphatic heterocycles. The molecule has 3 aromatic rings. The predicted octanol–water partition coefficient (Wildman–Crippen LogP) is 5.16. The molecule has 34 heavy (non-hydrogen) atoms. The lowest BCUT2D eigenvalue weighted by Gasteiger charge is -2.09. The molecule has 3 aromatic carbocycles. The SMILES string of the molecule is CO[C@@H](Cc1ccc(C#CCCCCOc2ccc(C(=O)c3ccccc3)cc2)cc1)C(=O)O. The zero-order valence-corrected chi connectivity index (χ0v) is 19.2. The molecule has 174 valence electrons. The summed E-state index contributed by atoms with van der Waals surface area (Å²) in [5.74, 6) is 6.07. The van der Waals surface area contributed by atoms with Gasteiger partial charge in [0.2, 0.25) is 0 Å². The Morgan fingerprint density at radius 3 is 2.21 bits per heavy atom. The molecule has 0 heterocycles. The van der Waals surface area contributed by atoms with Crippen LogP contribution in [0.1, 0.15) is 46.3 Å². The van der Waals surface area contributed by atoms with Gasteiger partial charge in [-0.25, -0.2) is 4.79 Å². The topological polar surface area (TPSA) is 72.8 Å². The van der Waals surface area contributed by atoms with Crippen LogP contribution in [0.2, 0.25) is 0 Å². The molecular formula is C29H28O5. The molecular weight excluding hydrogens is 428 g/mol. The Kier molecular flexibility index (Phi) is 9.45. The van der Waals surface area contributed by atoms with E-state index in [0.717, 1.165) is 36.1 Å². The van der Waals surface area contributed by atoms with Gasteiger partial charge in [0, 0.05) is 36.6 Å². The van der Waals surface area contributed by atoms with Crippen LogP contribution in [0.3, 0.4) is 0 Å². The minimum Gasteiger partial charge on any atom is -0.494 e. The van der Waals surface area contributed by atoms with E-state index in [0.29, 0.717) is 24.2 Å². The normalized spacial score (nSPS) is 11.2. The average Bonchev–Trinajstić information content (AvgIpc) is 2.87. The third-order valence-electron chi connectivity index (χ3n) is 5.29. The number of carbonyl (C=O) groups is 2. The van der Waals surface area contributed by atoms with Crippen molar-refractivity contribution in [3.05, 3.63) is 101 Å². The van der Waals surface area contributed by atoms with Crippen LogP contribution in [0.5, 0.6) is 5.75 Å². The third kappa shape index (κ3) is 7.61. The molecule has 5 heteroatoms. The van der Waals surface area contributed by atoms with Crippen molar-refractivity contribution in [1.29, 1.82) is 0 Å². The summed E-state index contributed by atoms with van der Waals surface area (Å²) in [4.78, 5) is 23.5. The van der Waals surface area contributed by atoms with Crippen molar-refractivity contribution in [1.82, 2.24) is 0 Å². The molecule has 0 spiro atoms. The standard InChI is InChI=1S/C29H28O5/c1-33-27(29(31)32)21-23-14-12-22(13-15-23)9-5-2-3-8-20-34-26-18-16-25(17-19-26)28(30)24-10-6-4-7-11-24/h4,6-7,10-19,27H,2-3,8,20-21H2,1H3,(H,31,32)/t27-/m0/s1. The van der Waals surface area contributed by atoms with Crippen molar-refractivity contribution >= 4 is 11.8 Å². The van der Waals surface area contributed by atoms with E-state index >= 15 is 0 Å². The molecule has 1 atom stereocenters. The van der Waals surface area contributed by atoms with Crippen molar-refractivity contribution in [3.8, 4) is 17.6 Å². The van der Waals surface area contributed by atoms with Gasteiger partial charge < -0.3 is 14.6 Å². The van der Waals surface area contributed by atoms with Gasteiger partial charge in [0.25, 0.3) is 0 Å². The zero-order chi connectivity index (χ0) is 24.2. The summed E-state index contributed by atoms with van der Waals surface area (Å²) in [5.41, 5.74) is 3.11. The molecule has 0 radical (unpaired) electrons. The number of hydrogen-bond donors (Lipinski definition) is 1. The van der Waals surface area contributed by atoms with Crippen LogP contribution >= 0.6 is 0 Å². The molecule has 1 N–H and O–H groups in total. The van der Waals surface area contributed by atoms with Crippen molar-refractivity contribution in [3.63, 3.8) is 0 Å². The van der Waals surface area contributed by atoms with Crippen LogP contribution in [0.25, 0.3) is 0 Å². The van der Waals surface area contributed by atoms with Crippen molar-refractivity contribution in [2.24, 2.45) is 0 Å². The van der Waals surface area contributed by atoms with Gasteiger partial charge >= 0.3 is 5.97 Å². The highest BCUT2D eigenvalue weighted by molar-refractivity contribution is 6.08. The van der Waals surface area contributed by atoms with E-state index in [1.165, 1.54) is 7.11 Å². The molecule has 0 unspecified atom stereocenters. The number of hydrogen-bond acceptors (Lipinski definition) is 4. The highest BCUT2D eigenvalue weighted by atomic mass is 16.5. The third-order valence-corrected chi connectivity index (χ3v) is 5.29. The molecule has 0 amide bonds. The highest BCUT2D eigenvalue weighted by Crippen LogP contribution is 2.16. The summed E-state index contributed by atoms with van der Waals surface area (Å²) >= 11 is 0. The maximum atomic E-state index is 12.4. The van der Waals surface area contributed by atoms with E-state index in [1.54, 1.807) is 12.1 Å². The molecule has 0 aliphatic carbocycles. The van der Waals surface area contributed by atoms with E-state index in [4.69, 9.17) is 14.6 Å². The van der Waals surface area contributed by atoms with Crippen LogP contribution < -0.4 is 4.74 Å². The fraction of sp³-hybridized carbons (Fsp3) is 0.241. The number of carboxylic acid groups (broad SMARTS) is 1. The van der Waals surface area contributed by atoms with Gasteiger partial charge in [-0.3, -0.25) is 4.79 Å². The summed E-state index contributed by atoms with van der Waals surface area (Å²) in [6, 6.07) is 24.0. The summed E-state index contributed by atoms with van der Waals surface area (Å²) in [6.45, 7) is 0.590. The second kappa shape index (κ2) is 13.0. The maximum absolute atomic E-state index is 12.4. The molecule has 0 aliphatic rings.